The number of hydrogen-bond acceptors (Lipinski definition) is 17. The first-order valence-corrected chi connectivity index (χ1v) is 10.0. The summed E-state index contributed by atoms with van der Waals surface area (Å²) in [6.45, 7) is -1.73. The van der Waals surface area contributed by atoms with Crippen molar-refractivity contribution in [1.82, 2.24) is 19.9 Å². The fraction of sp³-hybridized carbons (Fsp3) is 0.588. The molecule has 223 valence electrons. The molecule has 2 rings (SSSR count). The summed E-state index contributed by atoms with van der Waals surface area (Å²) in [7, 11) is 0. The summed E-state index contributed by atoms with van der Waals surface area (Å²) in [5.74, 6) is -3.95. The van der Waals surface area contributed by atoms with E-state index >= 15 is 0 Å². The molecule has 0 spiro atoms. The first kappa shape index (κ1) is 38.2. The van der Waals surface area contributed by atoms with Crippen LogP contribution >= 0.6 is 0 Å². The quantitative estimate of drug-likeness (QED) is 0.111. The molecule has 0 aliphatic carbocycles. The van der Waals surface area contributed by atoms with Gasteiger partial charge in [0.25, 0.3) is 5.56 Å². The molecule has 0 saturated heterocycles. The number of aliphatic hydroxyl groups is 10. The minimum atomic E-state index is -2.31. The number of aliphatic carboxylic acids is 2. The molecule has 2 aromatic rings. The fourth-order valence-corrected chi connectivity index (χ4v) is 2.28. The first-order valence-electron chi connectivity index (χ1n) is 10.0. The molecule has 0 saturated carbocycles. The Balaban J connectivity index is 0. The number of aromatic nitrogens is 4. The Morgan fingerprint density at radius 3 is 1.26 bits per heavy atom. The summed E-state index contributed by atoms with van der Waals surface area (Å²) in [6.07, 6.45) is -16.2. The fourth-order valence-electron chi connectivity index (χ4n) is 2.28. The molecule has 0 bridgehead atoms. The zero-order chi connectivity index (χ0) is 29.9. The van der Waals surface area contributed by atoms with Crippen LogP contribution in [0.4, 0.5) is 0 Å². The summed E-state index contributed by atoms with van der Waals surface area (Å²) < 4.78 is 0. The van der Waals surface area contributed by atoms with Crippen molar-refractivity contribution in [2.24, 2.45) is 0 Å². The Morgan fingerprint density at radius 1 is 0.615 bits per heavy atom. The molecule has 0 aliphatic heterocycles. The van der Waals surface area contributed by atoms with Crippen LogP contribution in [0.25, 0.3) is 11.2 Å². The molecule has 0 fully saturated rings. The number of H-pyrrole nitrogens is 4. The number of carboxylic acid groups (broad SMARTS) is 2. The van der Waals surface area contributed by atoms with Crippen molar-refractivity contribution in [2.75, 3.05) is 13.2 Å². The second-order valence-electron chi connectivity index (χ2n) is 7.23. The summed E-state index contributed by atoms with van der Waals surface area (Å²) in [5, 5.41) is 107. The van der Waals surface area contributed by atoms with Crippen molar-refractivity contribution >= 4 is 23.1 Å². The van der Waals surface area contributed by atoms with E-state index in [0.29, 0.717) is 0 Å². The predicted octanol–water partition coefficient (Wildman–Crippen LogP) is -11.4. The van der Waals surface area contributed by atoms with Crippen molar-refractivity contribution in [2.45, 2.75) is 48.8 Å². The average molecular weight is 613 g/mol. The Hall–Kier alpha value is -2.99. The summed E-state index contributed by atoms with van der Waals surface area (Å²) >= 11 is 0. The van der Waals surface area contributed by atoms with E-state index in [1.54, 1.807) is 0 Å². The molecule has 2 aromatic heterocycles. The third kappa shape index (κ3) is 11.7. The third-order valence-corrected chi connectivity index (χ3v) is 4.41. The van der Waals surface area contributed by atoms with Crippen LogP contribution in [-0.2, 0) is 26.7 Å². The van der Waals surface area contributed by atoms with E-state index in [-0.39, 0.29) is 28.2 Å². The van der Waals surface area contributed by atoms with E-state index in [9.17, 15) is 34.2 Å². The van der Waals surface area contributed by atoms with Crippen molar-refractivity contribution in [1.29, 1.82) is 0 Å². The van der Waals surface area contributed by atoms with E-state index in [1.807, 2.05) is 4.98 Å². The van der Waals surface area contributed by atoms with Crippen LogP contribution < -0.4 is 27.2 Å². The van der Waals surface area contributed by atoms with Crippen molar-refractivity contribution < 1.29 is 87.9 Å². The van der Waals surface area contributed by atoms with Crippen LogP contribution in [0, 0.1) is 0 Å². The van der Waals surface area contributed by atoms with Gasteiger partial charge in [-0.05, 0) is 0 Å². The van der Waals surface area contributed by atoms with Gasteiger partial charge in [0.2, 0.25) is 0 Å². The summed E-state index contributed by atoms with van der Waals surface area (Å²) in [5.41, 5.74) is -1.65. The molecule has 0 aliphatic rings. The van der Waals surface area contributed by atoms with E-state index in [1.165, 1.54) is 0 Å². The Labute approximate surface area is 224 Å². The maximum Gasteiger partial charge on any atom is 2.00 e. The van der Waals surface area contributed by atoms with Gasteiger partial charge < -0.3 is 70.9 Å². The van der Waals surface area contributed by atoms with Gasteiger partial charge in [0, 0.05) is 0 Å². The molecule has 0 amide bonds. The van der Waals surface area contributed by atoms with Gasteiger partial charge in [-0.3, -0.25) is 24.7 Å². The standard InChI is InChI=1S/2C6H12O7.C5H4N4O3.Mn/c2*7-1-2(8)3(9)4(10)5(11)6(12)13;10-3-1-2(7-4(11)6-1)8-5(12)9-3;/h2*2-5,7-11H,1H2,(H,12,13);(H4,6,7,8,9,10,11,12);/q;;;+2/p-2/t2*2-,3-,4+,5-;;/m11../s1. The van der Waals surface area contributed by atoms with E-state index in [0.717, 1.165) is 0 Å². The van der Waals surface area contributed by atoms with E-state index in [2.05, 4.69) is 15.0 Å². The van der Waals surface area contributed by atoms with Gasteiger partial charge in [0.05, 0.1) is 25.2 Å². The molecule has 21 nitrogen and oxygen atoms in total. The van der Waals surface area contributed by atoms with Crippen LogP contribution in [0.5, 0.6) is 0 Å². The molecule has 0 unspecified atom stereocenters. The van der Waals surface area contributed by atoms with Crippen LogP contribution in [0.3, 0.4) is 0 Å². The zero-order valence-electron chi connectivity index (χ0n) is 19.2. The minimum Gasteiger partial charge on any atom is -0.547 e. The second kappa shape index (κ2) is 17.6. The maximum absolute atomic E-state index is 10.9. The van der Waals surface area contributed by atoms with Gasteiger partial charge in [-0.25, -0.2) is 9.59 Å². The molecule has 1 radical (unpaired) electrons. The molecular formula is C17H26MnN4O17. The summed E-state index contributed by atoms with van der Waals surface area (Å²) in [6, 6.07) is 0. The van der Waals surface area contributed by atoms with Gasteiger partial charge in [0.1, 0.15) is 60.0 Å². The number of aromatic amines is 4. The van der Waals surface area contributed by atoms with Crippen LogP contribution in [0.1, 0.15) is 0 Å². The Bertz CT molecular complexity index is 1160. The van der Waals surface area contributed by atoms with Crippen LogP contribution in [-0.4, -0.2) is 145 Å². The number of carbonyl (C=O) groups is 2. The number of aliphatic hydroxyl groups excluding tert-OH is 10. The SMILES string of the molecule is O=C([O-])[C@H](O)[C@@H](O)[C@H](O)[C@H](O)CO.O=C([O-])[C@H](O)[C@@H](O)[C@H](O)[C@H](O)CO.O=c1[nH]c(=O)c2[nH]c(=O)[nH]c2[nH]1.[Mn+2]. The number of carbonyl (C=O) groups excluding carboxylic acids is 2. The van der Waals surface area contributed by atoms with Crippen molar-refractivity contribution in [3.05, 3.63) is 31.3 Å². The second-order valence-corrected chi connectivity index (χ2v) is 7.23. The molecular weight excluding hydrogens is 587 g/mol. The monoisotopic (exact) mass is 613 g/mol. The predicted molar refractivity (Wildman–Crippen MR) is 112 cm³/mol. The van der Waals surface area contributed by atoms with Crippen molar-refractivity contribution in [3.63, 3.8) is 0 Å². The molecule has 39 heavy (non-hydrogen) atoms. The largest absolute Gasteiger partial charge is 2.00 e. The van der Waals surface area contributed by atoms with Gasteiger partial charge >= 0.3 is 28.4 Å². The van der Waals surface area contributed by atoms with Gasteiger partial charge in [-0.2, -0.15) is 0 Å². The number of rotatable bonds is 10. The molecule has 8 atom stereocenters. The third-order valence-electron chi connectivity index (χ3n) is 4.41. The van der Waals surface area contributed by atoms with Crippen LogP contribution in [0.15, 0.2) is 14.4 Å². The van der Waals surface area contributed by atoms with Gasteiger partial charge in [-0.15, -0.1) is 0 Å². The van der Waals surface area contributed by atoms with Crippen molar-refractivity contribution in [3.8, 4) is 0 Å². The number of imidazole rings is 1. The average Bonchev–Trinajstić information content (AvgIpc) is 3.25. The number of fused-ring (bicyclic) bond motifs is 1. The van der Waals surface area contributed by atoms with Gasteiger partial charge in [0.15, 0.2) is 0 Å². The molecule has 14 N–H and O–H groups in total. The first-order chi connectivity index (χ1) is 17.5. The van der Waals surface area contributed by atoms with E-state index in [4.69, 9.17) is 51.1 Å². The molecule has 0 aromatic carbocycles. The molecule has 2 heterocycles. The Morgan fingerprint density at radius 2 is 0.949 bits per heavy atom. The van der Waals surface area contributed by atoms with E-state index < -0.39 is 90.9 Å². The van der Waals surface area contributed by atoms with Crippen LogP contribution in [0.2, 0.25) is 0 Å². The summed E-state index contributed by atoms with van der Waals surface area (Å²) in [4.78, 5) is 60.9. The normalized spacial score (nSPS) is 16.9. The smallest absolute Gasteiger partial charge is 0.547 e. The molecule has 22 heteroatoms. The van der Waals surface area contributed by atoms with Gasteiger partial charge in [-0.1, -0.05) is 0 Å². The zero-order valence-corrected chi connectivity index (χ0v) is 20.4. The topological polar surface area (TPSA) is 397 Å². The maximum atomic E-state index is 10.9. The number of carboxylic acids is 2. The number of hydrogen-bond donors (Lipinski definition) is 14. The number of nitrogens with one attached hydrogen (secondary N) is 4. The Kier molecular flexibility index (Phi) is 17.2. The minimum absolute atomic E-state index is 0.